The third-order valence-electron chi connectivity index (χ3n) is 5.63. The molecule has 1 aliphatic heterocycles. The van der Waals surface area contributed by atoms with E-state index in [4.69, 9.17) is 9.15 Å². The van der Waals surface area contributed by atoms with E-state index >= 15 is 0 Å². The van der Waals surface area contributed by atoms with Crippen LogP contribution in [-0.2, 0) is 11.2 Å². The van der Waals surface area contributed by atoms with Gasteiger partial charge in [0.2, 0.25) is 0 Å². The van der Waals surface area contributed by atoms with Crippen molar-refractivity contribution in [1.82, 2.24) is 14.3 Å². The summed E-state index contributed by atoms with van der Waals surface area (Å²) in [4.78, 5) is 6.91. The highest BCUT2D eigenvalue weighted by molar-refractivity contribution is 5.79. The van der Waals surface area contributed by atoms with E-state index in [-0.39, 0.29) is 0 Å². The zero-order valence-corrected chi connectivity index (χ0v) is 16.7. The molecule has 5 rings (SSSR count). The normalized spacial score (nSPS) is 15.9. The Morgan fingerprint density at radius 2 is 2.00 bits per heavy atom. The molecule has 7 heteroatoms. The fraction of sp³-hybridized carbons (Fsp3) is 0.304. The lowest BCUT2D eigenvalue weighted by molar-refractivity contribution is 0.0375. The molecule has 1 aliphatic rings. The third-order valence-corrected chi connectivity index (χ3v) is 5.63. The molecular weight excluding hydrogens is 380 g/mol. The van der Waals surface area contributed by atoms with Crippen LogP contribution in [0.25, 0.3) is 27.9 Å². The molecule has 4 aromatic rings. The van der Waals surface area contributed by atoms with Crippen molar-refractivity contribution in [1.29, 1.82) is 0 Å². The number of benzene rings is 1. The van der Waals surface area contributed by atoms with Crippen LogP contribution in [0.1, 0.15) is 12.0 Å². The maximum Gasteiger partial charge on any atom is 0.155 e. The van der Waals surface area contributed by atoms with Gasteiger partial charge >= 0.3 is 0 Å². The first-order valence-electron chi connectivity index (χ1n) is 10.3. The Morgan fingerprint density at radius 3 is 2.87 bits per heavy atom. The monoisotopic (exact) mass is 404 g/mol. The summed E-state index contributed by atoms with van der Waals surface area (Å²) in [7, 11) is 0. The maximum absolute atomic E-state index is 9.62. The molecule has 154 valence electrons. The minimum absolute atomic E-state index is 0.485. The summed E-state index contributed by atoms with van der Waals surface area (Å²) in [5, 5.41) is 14.4. The molecule has 0 saturated carbocycles. The van der Waals surface area contributed by atoms with Gasteiger partial charge in [-0.05, 0) is 55.3 Å². The van der Waals surface area contributed by atoms with Crippen molar-refractivity contribution in [3.63, 3.8) is 0 Å². The van der Waals surface area contributed by atoms with Crippen LogP contribution in [0, 0.1) is 0 Å². The van der Waals surface area contributed by atoms with Crippen LogP contribution in [0.5, 0.6) is 0 Å². The number of ether oxygens (including phenoxy) is 1. The SMILES string of the molecule is O/N=c1/cc(-c2cc3cccn3cn2)oc2ccc(CCCN3CCOCC3)cc12. The van der Waals surface area contributed by atoms with E-state index in [2.05, 4.69) is 27.2 Å². The molecule has 3 aromatic heterocycles. The lowest BCUT2D eigenvalue weighted by atomic mass is 10.1. The number of hydrogen-bond donors (Lipinski definition) is 1. The van der Waals surface area contributed by atoms with Gasteiger partial charge in [0.15, 0.2) is 5.76 Å². The summed E-state index contributed by atoms with van der Waals surface area (Å²) >= 11 is 0. The first kappa shape index (κ1) is 18.8. The van der Waals surface area contributed by atoms with Gasteiger partial charge in [0.1, 0.15) is 16.6 Å². The molecule has 0 amide bonds. The summed E-state index contributed by atoms with van der Waals surface area (Å²) < 4.78 is 13.4. The van der Waals surface area contributed by atoms with Crippen LogP contribution in [0.15, 0.2) is 64.6 Å². The number of nitrogens with zero attached hydrogens (tertiary/aromatic N) is 4. The van der Waals surface area contributed by atoms with Gasteiger partial charge in [-0.2, -0.15) is 0 Å². The van der Waals surface area contributed by atoms with Crippen LogP contribution in [-0.4, -0.2) is 52.3 Å². The average molecular weight is 404 g/mol. The lowest BCUT2D eigenvalue weighted by Gasteiger charge is -2.26. The molecule has 0 bridgehead atoms. The third kappa shape index (κ3) is 3.81. The topological polar surface area (TPSA) is 75.5 Å². The van der Waals surface area contributed by atoms with Gasteiger partial charge in [0, 0.05) is 36.3 Å². The Balaban J connectivity index is 1.40. The highest BCUT2D eigenvalue weighted by Crippen LogP contribution is 2.23. The molecule has 0 aliphatic carbocycles. The number of aromatic nitrogens is 2. The first-order chi connectivity index (χ1) is 14.8. The zero-order chi connectivity index (χ0) is 20.3. The summed E-state index contributed by atoms with van der Waals surface area (Å²) in [6, 6.07) is 13.8. The van der Waals surface area contributed by atoms with Gasteiger partial charge in [0.05, 0.1) is 19.5 Å². The number of rotatable bonds is 5. The van der Waals surface area contributed by atoms with Gasteiger partial charge in [-0.15, -0.1) is 0 Å². The van der Waals surface area contributed by atoms with Crippen LogP contribution in [0.3, 0.4) is 0 Å². The largest absolute Gasteiger partial charge is 0.454 e. The lowest BCUT2D eigenvalue weighted by Crippen LogP contribution is -2.36. The van der Waals surface area contributed by atoms with Crippen molar-refractivity contribution in [2.45, 2.75) is 12.8 Å². The second kappa shape index (κ2) is 8.30. The van der Waals surface area contributed by atoms with Gasteiger partial charge in [-0.25, -0.2) is 4.98 Å². The predicted octanol–water partition coefficient (Wildman–Crippen LogP) is 3.30. The number of aryl methyl sites for hydroxylation is 1. The smallest absolute Gasteiger partial charge is 0.155 e. The highest BCUT2D eigenvalue weighted by Gasteiger charge is 2.11. The van der Waals surface area contributed by atoms with E-state index < -0.39 is 0 Å². The number of morpholine rings is 1. The van der Waals surface area contributed by atoms with E-state index in [0.29, 0.717) is 22.4 Å². The molecule has 0 radical (unpaired) electrons. The molecule has 1 aromatic carbocycles. The fourth-order valence-electron chi connectivity index (χ4n) is 3.98. The summed E-state index contributed by atoms with van der Waals surface area (Å²) in [6.07, 6.45) is 5.73. The average Bonchev–Trinajstić information content (AvgIpc) is 3.27. The summed E-state index contributed by atoms with van der Waals surface area (Å²) in [5.74, 6) is 0.569. The van der Waals surface area contributed by atoms with Crippen molar-refractivity contribution in [2.24, 2.45) is 5.16 Å². The minimum atomic E-state index is 0.485. The second-order valence-electron chi connectivity index (χ2n) is 7.60. The van der Waals surface area contributed by atoms with Crippen molar-refractivity contribution in [3.8, 4) is 11.5 Å². The molecule has 4 heterocycles. The Kier molecular flexibility index (Phi) is 5.21. The van der Waals surface area contributed by atoms with Gasteiger partial charge in [-0.1, -0.05) is 11.2 Å². The zero-order valence-electron chi connectivity index (χ0n) is 16.7. The number of fused-ring (bicyclic) bond motifs is 2. The van der Waals surface area contributed by atoms with Crippen molar-refractivity contribution in [3.05, 3.63) is 65.9 Å². The van der Waals surface area contributed by atoms with E-state index in [0.717, 1.165) is 56.6 Å². The van der Waals surface area contributed by atoms with E-state index in [9.17, 15) is 5.21 Å². The van der Waals surface area contributed by atoms with Gasteiger partial charge in [-0.3, -0.25) is 4.90 Å². The Hall–Kier alpha value is -3.16. The van der Waals surface area contributed by atoms with Crippen LogP contribution >= 0.6 is 0 Å². The number of hydrogen-bond acceptors (Lipinski definition) is 6. The standard InChI is InChI=1S/C23H24N4O3/c28-25-20-15-23(21-14-18-4-2-8-27(18)16-24-21)30-22-6-5-17(13-19(20)22)3-1-7-26-9-11-29-12-10-26/h2,4-6,8,13-16,28H,1,3,7,9-12H2/b25-20-. The van der Waals surface area contributed by atoms with Crippen LogP contribution < -0.4 is 5.36 Å². The molecule has 0 spiro atoms. The van der Waals surface area contributed by atoms with Crippen LogP contribution in [0.4, 0.5) is 0 Å². The molecule has 1 N–H and O–H groups in total. The Morgan fingerprint density at radius 1 is 1.10 bits per heavy atom. The molecule has 0 atom stereocenters. The quantitative estimate of drug-likeness (QED) is 0.408. The van der Waals surface area contributed by atoms with Crippen LogP contribution in [0.2, 0.25) is 0 Å². The predicted molar refractivity (Wildman–Crippen MR) is 113 cm³/mol. The van der Waals surface area contributed by atoms with Gasteiger partial charge in [0.25, 0.3) is 0 Å². The van der Waals surface area contributed by atoms with E-state index in [1.807, 2.05) is 34.9 Å². The van der Waals surface area contributed by atoms with E-state index in [1.54, 1.807) is 12.4 Å². The molecule has 30 heavy (non-hydrogen) atoms. The van der Waals surface area contributed by atoms with E-state index in [1.165, 1.54) is 5.56 Å². The second-order valence-corrected chi connectivity index (χ2v) is 7.60. The van der Waals surface area contributed by atoms with Gasteiger partial charge < -0.3 is 18.8 Å². The van der Waals surface area contributed by atoms with Crippen molar-refractivity contribution >= 4 is 16.5 Å². The molecule has 1 saturated heterocycles. The molecule has 0 unspecified atom stereocenters. The Bertz CT molecular complexity index is 1240. The highest BCUT2D eigenvalue weighted by atomic mass is 16.5. The Labute approximate surface area is 173 Å². The first-order valence-corrected chi connectivity index (χ1v) is 10.3. The van der Waals surface area contributed by atoms with Crippen molar-refractivity contribution in [2.75, 3.05) is 32.8 Å². The fourth-order valence-corrected chi connectivity index (χ4v) is 3.98. The molecule has 1 fully saturated rings. The molecular formula is C23H24N4O3. The minimum Gasteiger partial charge on any atom is -0.454 e. The van der Waals surface area contributed by atoms with Crippen molar-refractivity contribution < 1.29 is 14.4 Å². The summed E-state index contributed by atoms with van der Waals surface area (Å²) in [6.45, 7) is 4.74. The summed E-state index contributed by atoms with van der Waals surface area (Å²) in [5.41, 5.74) is 3.60. The maximum atomic E-state index is 9.62. The molecule has 7 nitrogen and oxygen atoms in total.